The van der Waals surface area contributed by atoms with Gasteiger partial charge in [-0.3, -0.25) is 14.5 Å². The van der Waals surface area contributed by atoms with Crippen LogP contribution in [0.2, 0.25) is 0 Å². The number of hydrogen-bond donors (Lipinski definition) is 0. The predicted molar refractivity (Wildman–Crippen MR) is 123 cm³/mol. The number of aryl methyl sites for hydroxylation is 1. The Morgan fingerprint density at radius 2 is 1.74 bits per heavy atom. The van der Waals surface area contributed by atoms with E-state index in [1.54, 1.807) is 0 Å². The van der Waals surface area contributed by atoms with E-state index in [4.69, 9.17) is 4.74 Å². The van der Waals surface area contributed by atoms with E-state index in [9.17, 15) is 9.59 Å². The first-order valence-electron chi connectivity index (χ1n) is 11.2. The standard InChI is InChI=1S/C26H30N2O3/c1-4-15-28-25(29)23(20-11-13-21(14-12-20)31-17-18(2)3)24(26(28)30)27-16-7-9-19-8-5-6-10-22(19)27/h5-6,8,10-14,18H,4,7,9,15-17H2,1-3H3. The molecule has 0 N–H and O–H groups in total. The van der Waals surface area contributed by atoms with E-state index in [2.05, 4.69) is 19.9 Å². The van der Waals surface area contributed by atoms with E-state index in [0.717, 1.165) is 42.8 Å². The molecule has 2 aromatic rings. The monoisotopic (exact) mass is 418 g/mol. The van der Waals surface area contributed by atoms with Gasteiger partial charge in [0.2, 0.25) is 0 Å². The third-order valence-corrected chi connectivity index (χ3v) is 5.70. The minimum atomic E-state index is -0.208. The van der Waals surface area contributed by atoms with Gasteiger partial charge >= 0.3 is 0 Å². The average molecular weight is 419 g/mol. The number of rotatable bonds is 7. The molecular weight excluding hydrogens is 388 g/mol. The third-order valence-electron chi connectivity index (χ3n) is 5.70. The Morgan fingerprint density at radius 3 is 2.45 bits per heavy atom. The van der Waals surface area contributed by atoms with Gasteiger partial charge in [-0.2, -0.15) is 0 Å². The van der Waals surface area contributed by atoms with Crippen molar-refractivity contribution in [1.29, 1.82) is 0 Å². The summed E-state index contributed by atoms with van der Waals surface area (Å²) < 4.78 is 5.79. The molecule has 0 atom stereocenters. The minimum Gasteiger partial charge on any atom is -0.493 e. The van der Waals surface area contributed by atoms with Gasteiger partial charge in [-0.25, -0.2) is 0 Å². The second-order valence-electron chi connectivity index (χ2n) is 8.60. The van der Waals surface area contributed by atoms with Gasteiger partial charge in [0.1, 0.15) is 11.4 Å². The Bertz CT molecular complexity index is 1010. The number of hydrogen-bond acceptors (Lipinski definition) is 4. The fraction of sp³-hybridized carbons (Fsp3) is 0.385. The van der Waals surface area contributed by atoms with Crippen molar-refractivity contribution >= 4 is 23.1 Å². The largest absolute Gasteiger partial charge is 0.493 e. The van der Waals surface area contributed by atoms with E-state index < -0.39 is 0 Å². The Balaban J connectivity index is 1.77. The highest BCUT2D eigenvalue weighted by molar-refractivity contribution is 6.36. The summed E-state index contributed by atoms with van der Waals surface area (Å²) in [6.45, 7) is 7.98. The molecule has 0 bridgehead atoms. The van der Waals surface area contributed by atoms with E-state index in [1.807, 2.05) is 54.3 Å². The zero-order valence-corrected chi connectivity index (χ0v) is 18.6. The lowest BCUT2D eigenvalue weighted by molar-refractivity contribution is -0.136. The third kappa shape index (κ3) is 4.09. The lowest BCUT2D eigenvalue weighted by Gasteiger charge is -2.32. The quantitative estimate of drug-likeness (QED) is 0.614. The van der Waals surface area contributed by atoms with Gasteiger partial charge in [0.05, 0.1) is 12.2 Å². The highest BCUT2D eigenvalue weighted by atomic mass is 16.5. The zero-order valence-electron chi connectivity index (χ0n) is 18.6. The number of fused-ring (bicyclic) bond motifs is 1. The minimum absolute atomic E-state index is 0.196. The molecule has 0 aliphatic carbocycles. The van der Waals surface area contributed by atoms with Crippen LogP contribution in [0.1, 0.15) is 44.7 Å². The Labute approximate surface area is 184 Å². The first kappa shape index (κ1) is 21.2. The van der Waals surface area contributed by atoms with Crippen LogP contribution in [0.5, 0.6) is 5.75 Å². The molecule has 2 aromatic carbocycles. The van der Waals surface area contributed by atoms with Crippen molar-refractivity contribution in [2.24, 2.45) is 5.92 Å². The second kappa shape index (κ2) is 8.96. The number of carbonyl (C=O) groups is 2. The van der Waals surface area contributed by atoms with Crippen molar-refractivity contribution in [3.8, 4) is 5.75 Å². The zero-order chi connectivity index (χ0) is 22.0. The molecule has 2 aliphatic rings. The van der Waals surface area contributed by atoms with E-state index in [-0.39, 0.29) is 11.8 Å². The molecular formula is C26H30N2O3. The summed E-state index contributed by atoms with van der Waals surface area (Å²) in [5.41, 5.74) is 3.99. The van der Waals surface area contributed by atoms with Crippen LogP contribution in [-0.4, -0.2) is 36.4 Å². The van der Waals surface area contributed by atoms with Crippen LogP contribution in [0.3, 0.4) is 0 Å². The van der Waals surface area contributed by atoms with Crippen molar-refractivity contribution in [1.82, 2.24) is 4.90 Å². The number of anilines is 1. The molecule has 162 valence electrons. The maximum absolute atomic E-state index is 13.4. The fourth-order valence-electron chi connectivity index (χ4n) is 4.25. The molecule has 0 saturated heterocycles. The Kier molecular flexibility index (Phi) is 6.12. The molecule has 0 aromatic heterocycles. The Hall–Kier alpha value is -3.08. The van der Waals surface area contributed by atoms with Crippen molar-refractivity contribution in [2.45, 2.75) is 40.0 Å². The van der Waals surface area contributed by atoms with E-state index >= 15 is 0 Å². The summed E-state index contributed by atoms with van der Waals surface area (Å²) in [4.78, 5) is 30.2. The molecule has 0 radical (unpaired) electrons. The van der Waals surface area contributed by atoms with Gasteiger partial charge in [0.25, 0.3) is 11.8 Å². The predicted octanol–water partition coefficient (Wildman–Crippen LogP) is 4.66. The summed E-state index contributed by atoms with van der Waals surface area (Å²) >= 11 is 0. The van der Waals surface area contributed by atoms with Crippen LogP contribution in [0.15, 0.2) is 54.2 Å². The number of ether oxygens (including phenoxy) is 1. The summed E-state index contributed by atoms with van der Waals surface area (Å²) in [5, 5.41) is 0. The molecule has 5 heteroatoms. The maximum Gasteiger partial charge on any atom is 0.278 e. The summed E-state index contributed by atoms with van der Waals surface area (Å²) in [7, 11) is 0. The van der Waals surface area contributed by atoms with Crippen molar-refractivity contribution in [2.75, 3.05) is 24.6 Å². The first-order valence-corrected chi connectivity index (χ1v) is 11.2. The van der Waals surface area contributed by atoms with Crippen molar-refractivity contribution < 1.29 is 14.3 Å². The number of amides is 2. The van der Waals surface area contributed by atoms with Gasteiger partial charge in [0, 0.05) is 18.8 Å². The topological polar surface area (TPSA) is 49.9 Å². The highest BCUT2D eigenvalue weighted by Crippen LogP contribution is 2.38. The van der Waals surface area contributed by atoms with Gasteiger partial charge in [-0.15, -0.1) is 0 Å². The molecule has 0 saturated carbocycles. The molecule has 0 spiro atoms. The van der Waals surface area contributed by atoms with E-state index in [1.165, 1.54) is 10.5 Å². The number of para-hydroxylation sites is 1. The molecule has 2 heterocycles. The number of nitrogens with zero attached hydrogens (tertiary/aromatic N) is 2. The summed E-state index contributed by atoms with van der Waals surface area (Å²) in [5.74, 6) is 0.800. The molecule has 2 aliphatic heterocycles. The Morgan fingerprint density at radius 1 is 1.00 bits per heavy atom. The van der Waals surface area contributed by atoms with Gasteiger partial charge in [-0.05, 0) is 54.5 Å². The van der Waals surface area contributed by atoms with Crippen LogP contribution in [0.25, 0.3) is 5.57 Å². The number of benzene rings is 2. The van der Waals surface area contributed by atoms with Gasteiger partial charge in [-0.1, -0.05) is 51.1 Å². The number of imide groups is 1. The average Bonchev–Trinajstić information content (AvgIpc) is 3.02. The van der Waals surface area contributed by atoms with Crippen LogP contribution >= 0.6 is 0 Å². The highest BCUT2D eigenvalue weighted by Gasteiger charge is 2.42. The SMILES string of the molecule is CCCN1C(=O)C(c2ccc(OCC(C)C)cc2)=C(N2CCCc3ccccc32)C1=O. The molecule has 0 fully saturated rings. The van der Waals surface area contributed by atoms with Crippen LogP contribution < -0.4 is 9.64 Å². The summed E-state index contributed by atoms with van der Waals surface area (Å²) in [6.07, 6.45) is 2.67. The van der Waals surface area contributed by atoms with E-state index in [0.29, 0.717) is 30.3 Å². The second-order valence-corrected chi connectivity index (χ2v) is 8.60. The smallest absolute Gasteiger partial charge is 0.278 e. The fourth-order valence-corrected chi connectivity index (χ4v) is 4.25. The van der Waals surface area contributed by atoms with Crippen LogP contribution in [-0.2, 0) is 16.0 Å². The van der Waals surface area contributed by atoms with Crippen molar-refractivity contribution in [3.05, 3.63) is 65.4 Å². The maximum atomic E-state index is 13.4. The van der Waals surface area contributed by atoms with Crippen molar-refractivity contribution in [3.63, 3.8) is 0 Å². The molecule has 4 rings (SSSR count). The van der Waals surface area contributed by atoms with Gasteiger partial charge < -0.3 is 9.64 Å². The first-order chi connectivity index (χ1) is 15.0. The summed E-state index contributed by atoms with van der Waals surface area (Å²) in [6, 6.07) is 15.7. The molecule has 2 amide bonds. The van der Waals surface area contributed by atoms with Crippen LogP contribution in [0.4, 0.5) is 5.69 Å². The lowest BCUT2D eigenvalue weighted by atomic mass is 9.98. The van der Waals surface area contributed by atoms with Gasteiger partial charge in [0.15, 0.2) is 0 Å². The van der Waals surface area contributed by atoms with Crippen LogP contribution in [0, 0.1) is 5.92 Å². The molecule has 5 nitrogen and oxygen atoms in total. The number of carbonyl (C=O) groups excluding carboxylic acids is 2. The molecule has 0 unspecified atom stereocenters. The normalized spacial score (nSPS) is 16.4. The molecule has 31 heavy (non-hydrogen) atoms. The lowest BCUT2D eigenvalue weighted by Crippen LogP contribution is -2.37.